The fourth-order valence-corrected chi connectivity index (χ4v) is 3.31. The van der Waals surface area contributed by atoms with E-state index in [4.69, 9.17) is 4.74 Å². The standard InChI is InChI=1S/C19H27NO3/c1-11(2)17(20-18(22)23-6)16(13-7-8-13)15-12(3)9-19(4,5)10-14(15)21/h13H,3,7-10H2,1-2,4-6H3,(H,20,22)/b16-15+. The van der Waals surface area contributed by atoms with Gasteiger partial charge in [0.25, 0.3) is 0 Å². The molecule has 0 heterocycles. The van der Waals surface area contributed by atoms with Crippen molar-refractivity contribution in [2.75, 3.05) is 7.11 Å². The van der Waals surface area contributed by atoms with E-state index >= 15 is 0 Å². The van der Waals surface area contributed by atoms with Gasteiger partial charge in [-0.2, -0.15) is 0 Å². The zero-order chi connectivity index (χ0) is 17.4. The Morgan fingerprint density at radius 3 is 2.30 bits per heavy atom. The number of carbonyl (C=O) groups is 2. The molecule has 0 aromatic carbocycles. The lowest BCUT2D eigenvalue weighted by molar-refractivity contribution is -0.118. The van der Waals surface area contributed by atoms with Gasteiger partial charge in [0.05, 0.1) is 7.11 Å². The average molecular weight is 317 g/mol. The molecule has 2 aliphatic carbocycles. The predicted molar refractivity (Wildman–Crippen MR) is 90.8 cm³/mol. The number of rotatable bonds is 3. The van der Waals surface area contributed by atoms with Gasteiger partial charge in [-0.1, -0.05) is 26.0 Å². The summed E-state index contributed by atoms with van der Waals surface area (Å²) in [5, 5.41) is 2.81. The Morgan fingerprint density at radius 1 is 1.26 bits per heavy atom. The first-order valence-corrected chi connectivity index (χ1v) is 8.14. The van der Waals surface area contributed by atoms with Crippen LogP contribution in [0.5, 0.6) is 0 Å². The van der Waals surface area contributed by atoms with Crippen LogP contribution in [0.1, 0.15) is 53.4 Å². The highest BCUT2D eigenvalue weighted by atomic mass is 16.5. The van der Waals surface area contributed by atoms with Crippen molar-refractivity contribution in [3.8, 4) is 0 Å². The highest BCUT2D eigenvalue weighted by Gasteiger charge is 2.39. The van der Waals surface area contributed by atoms with Crippen LogP contribution in [-0.2, 0) is 9.53 Å². The van der Waals surface area contributed by atoms with E-state index in [2.05, 4.69) is 25.7 Å². The van der Waals surface area contributed by atoms with Crippen molar-refractivity contribution in [1.29, 1.82) is 0 Å². The lowest BCUT2D eigenvalue weighted by Crippen LogP contribution is -2.30. The van der Waals surface area contributed by atoms with E-state index in [0.717, 1.165) is 47.3 Å². The molecule has 23 heavy (non-hydrogen) atoms. The van der Waals surface area contributed by atoms with Crippen LogP contribution in [0.4, 0.5) is 4.79 Å². The van der Waals surface area contributed by atoms with Gasteiger partial charge in [-0.05, 0) is 55.6 Å². The molecule has 1 N–H and O–H groups in total. The summed E-state index contributed by atoms with van der Waals surface area (Å²) >= 11 is 0. The van der Waals surface area contributed by atoms with Crippen molar-refractivity contribution in [2.24, 2.45) is 11.3 Å². The van der Waals surface area contributed by atoms with E-state index in [9.17, 15) is 9.59 Å². The van der Waals surface area contributed by atoms with E-state index < -0.39 is 6.09 Å². The van der Waals surface area contributed by atoms with Gasteiger partial charge in [0.2, 0.25) is 0 Å². The van der Waals surface area contributed by atoms with E-state index in [0.29, 0.717) is 12.3 Å². The van der Waals surface area contributed by atoms with Gasteiger partial charge in [0.15, 0.2) is 5.78 Å². The molecular weight excluding hydrogens is 290 g/mol. The fourth-order valence-electron chi connectivity index (χ4n) is 3.31. The van der Waals surface area contributed by atoms with Crippen molar-refractivity contribution in [2.45, 2.75) is 53.4 Å². The lowest BCUT2D eigenvalue weighted by atomic mass is 9.70. The Kier molecular flexibility index (Phi) is 4.83. The topological polar surface area (TPSA) is 55.4 Å². The molecule has 4 heteroatoms. The summed E-state index contributed by atoms with van der Waals surface area (Å²) in [6.07, 6.45) is 2.91. The molecule has 2 fully saturated rings. The minimum Gasteiger partial charge on any atom is -0.453 e. The normalized spacial score (nSPS) is 22.5. The first-order valence-electron chi connectivity index (χ1n) is 8.14. The third kappa shape index (κ3) is 3.92. The van der Waals surface area contributed by atoms with Crippen molar-refractivity contribution < 1.29 is 14.3 Å². The Bertz CT molecular complexity index is 593. The molecule has 2 rings (SSSR count). The number of nitrogens with one attached hydrogen (secondary N) is 1. The molecule has 0 spiro atoms. The second-order valence-electron chi connectivity index (χ2n) is 7.60. The molecule has 0 aromatic rings. The third-order valence-corrected chi connectivity index (χ3v) is 4.40. The van der Waals surface area contributed by atoms with Crippen LogP contribution in [0.15, 0.2) is 34.6 Å². The number of hydrogen-bond donors (Lipinski definition) is 1. The molecule has 2 aliphatic rings. The number of hydrogen-bond acceptors (Lipinski definition) is 3. The largest absolute Gasteiger partial charge is 0.453 e. The number of ether oxygens (including phenoxy) is 1. The number of amides is 1. The summed E-state index contributed by atoms with van der Waals surface area (Å²) in [5.41, 5.74) is 4.23. The van der Waals surface area contributed by atoms with Crippen LogP contribution in [0.3, 0.4) is 0 Å². The number of carbonyl (C=O) groups excluding carboxylic acids is 2. The highest BCUT2D eigenvalue weighted by Crippen LogP contribution is 2.47. The van der Waals surface area contributed by atoms with Gasteiger partial charge < -0.3 is 4.74 Å². The van der Waals surface area contributed by atoms with Crippen LogP contribution < -0.4 is 5.32 Å². The number of alkyl carbamates (subject to hydrolysis) is 1. The summed E-state index contributed by atoms with van der Waals surface area (Å²) in [7, 11) is 1.34. The summed E-state index contributed by atoms with van der Waals surface area (Å²) < 4.78 is 4.74. The summed E-state index contributed by atoms with van der Waals surface area (Å²) in [6.45, 7) is 12.2. The number of methoxy groups -OCH3 is 1. The summed E-state index contributed by atoms with van der Waals surface area (Å²) in [6, 6.07) is 0. The maximum absolute atomic E-state index is 12.8. The number of Topliss-reactive ketones (excluding diaryl/α,β-unsaturated/α-hetero) is 1. The summed E-state index contributed by atoms with van der Waals surface area (Å²) in [5.74, 6) is 0.465. The first kappa shape index (κ1) is 17.5. The molecule has 0 aliphatic heterocycles. The number of ketones is 1. The Balaban J connectivity index is 2.52. The maximum Gasteiger partial charge on any atom is 0.411 e. The monoisotopic (exact) mass is 317 g/mol. The fraction of sp³-hybridized carbons (Fsp3) is 0.579. The molecular formula is C19H27NO3. The van der Waals surface area contributed by atoms with E-state index in [1.807, 2.05) is 13.8 Å². The Hall–Kier alpha value is -1.84. The smallest absolute Gasteiger partial charge is 0.411 e. The molecule has 1 amide bonds. The van der Waals surface area contributed by atoms with Crippen molar-refractivity contribution in [3.63, 3.8) is 0 Å². The Labute approximate surface area is 138 Å². The van der Waals surface area contributed by atoms with Crippen LogP contribution >= 0.6 is 0 Å². The SMILES string of the molecule is C=C1CC(C)(C)CC(=O)/C1=C(/C(NC(=O)OC)=C(C)C)C1CC1. The van der Waals surface area contributed by atoms with Crippen LogP contribution in [0.2, 0.25) is 0 Å². The summed E-state index contributed by atoms with van der Waals surface area (Å²) in [4.78, 5) is 24.5. The minimum absolute atomic E-state index is 0.0484. The molecule has 126 valence electrons. The Morgan fingerprint density at radius 2 is 1.87 bits per heavy atom. The predicted octanol–water partition coefficient (Wildman–Crippen LogP) is 4.29. The molecule has 0 saturated heterocycles. The lowest BCUT2D eigenvalue weighted by Gasteiger charge is -2.33. The molecule has 0 unspecified atom stereocenters. The molecule has 0 bridgehead atoms. The zero-order valence-electron chi connectivity index (χ0n) is 14.8. The second-order valence-corrected chi connectivity index (χ2v) is 7.60. The quantitative estimate of drug-likeness (QED) is 0.790. The number of allylic oxidation sites excluding steroid dienone is 4. The van der Waals surface area contributed by atoms with Gasteiger partial charge in [-0.25, -0.2) is 4.79 Å². The van der Waals surface area contributed by atoms with E-state index in [1.165, 1.54) is 7.11 Å². The zero-order valence-corrected chi connectivity index (χ0v) is 14.8. The van der Waals surface area contributed by atoms with Crippen molar-refractivity contribution in [1.82, 2.24) is 5.32 Å². The van der Waals surface area contributed by atoms with Crippen LogP contribution in [-0.4, -0.2) is 19.0 Å². The van der Waals surface area contributed by atoms with E-state index in [-0.39, 0.29) is 11.2 Å². The van der Waals surface area contributed by atoms with Crippen LogP contribution in [0, 0.1) is 11.3 Å². The average Bonchev–Trinajstić information content (AvgIpc) is 3.23. The van der Waals surface area contributed by atoms with Gasteiger partial charge in [0.1, 0.15) is 0 Å². The highest BCUT2D eigenvalue weighted by molar-refractivity contribution is 6.02. The van der Waals surface area contributed by atoms with Gasteiger partial charge in [-0.15, -0.1) is 0 Å². The maximum atomic E-state index is 12.8. The molecule has 4 nitrogen and oxygen atoms in total. The van der Waals surface area contributed by atoms with Gasteiger partial charge in [-0.3, -0.25) is 10.1 Å². The van der Waals surface area contributed by atoms with Crippen molar-refractivity contribution in [3.05, 3.63) is 34.6 Å². The molecule has 0 atom stereocenters. The van der Waals surface area contributed by atoms with Gasteiger partial charge in [0, 0.05) is 17.7 Å². The molecule has 0 aromatic heterocycles. The second kappa shape index (κ2) is 6.34. The molecule has 0 radical (unpaired) electrons. The van der Waals surface area contributed by atoms with E-state index in [1.54, 1.807) is 0 Å². The minimum atomic E-state index is -0.505. The van der Waals surface area contributed by atoms with Crippen molar-refractivity contribution >= 4 is 11.9 Å². The first-order chi connectivity index (χ1) is 10.7. The third-order valence-electron chi connectivity index (χ3n) is 4.40. The van der Waals surface area contributed by atoms with Gasteiger partial charge >= 0.3 is 6.09 Å². The molecule has 2 saturated carbocycles. The van der Waals surface area contributed by atoms with Crippen LogP contribution in [0.25, 0.3) is 0 Å².